The number of rotatable bonds is 7. The maximum atomic E-state index is 12.9. The molecule has 33 heavy (non-hydrogen) atoms. The van der Waals surface area contributed by atoms with E-state index in [1.807, 2.05) is 0 Å². The van der Waals surface area contributed by atoms with Gasteiger partial charge in [0, 0.05) is 11.9 Å². The van der Waals surface area contributed by atoms with Gasteiger partial charge in [-0.05, 0) is 68.7 Å². The van der Waals surface area contributed by atoms with Crippen molar-refractivity contribution in [3.63, 3.8) is 0 Å². The van der Waals surface area contributed by atoms with Crippen LogP contribution < -0.4 is 9.64 Å². The van der Waals surface area contributed by atoms with Crippen LogP contribution in [0.25, 0.3) is 0 Å². The molecule has 9 nitrogen and oxygen atoms in total. The molecule has 1 fully saturated rings. The average Bonchev–Trinajstić information content (AvgIpc) is 2.98. The van der Waals surface area contributed by atoms with Crippen molar-refractivity contribution in [3.05, 3.63) is 53.1 Å². The number of imide groups is 1. The minimum Gasteiger partial charge on any atom is -0.478 e. The summed E-state index contributed by atoms with van der Waals surface area (Å²) in [4.78, 5) is 39.4. The van der Waals surface area contributed by atoms with E-state index < -0.39 is 27.4 Å². The lowest BCUT2D eigenvalue weighted by Gasteiger charge is -2.25. The Morgan fingerprint density at radius 1 is 1.09 bits per heavy atom. The topological polar surface area (TPSA) is 121 Å². The van der Waals surface area contributed by atoms with Crippen LogP contribution in [0.15, 0.2) is 41.3 Å². The molecule has 0 spiro atoms. The normalized spacial score (nSPS) is 14.7. The molecule has 1 saturated heterocycles. The summed E-state index contributed by atoms with van der Waals surface area (Å²) in [6.45, 7) is 6.35. The van der Waals surface area contributed by atoms with Crippen LogP contribution in [0.4, 0.5) is 10.5 Å². The fraction of sp³-hybridized carbons (Fsp3) is 0.348. The Labute approximate surface area is 192 Å². The maximum absolute atomic E-state index is 12.9. The van der Waals surface area contributed by atoms with Crippen LogP contribution in [0, 0.1) is 13.8 Å². The molecule has 0 aromatic heterocycles. The van der Waals surface area contributed by atoms with Crippen LogP contribution in [0.1, 0.15) is 30.5 Å². The van der Waals surface area contributed by atoms with Gasteiger partial charge >= 0.3 is 12.0 Å². The SMILES string of the molecule is Cc1cc(CN2C(=O)CN(c3ccc(S(C)(=O)=O)cc3)C2=O)cc(C)c1OC(C)(C)C(=O)O. The van der Waals surface area contributed by atoms with Gasteiger partial charge in [0.05, 0.1) is 11.4 Å². The molecule has 0 unspecified atom stereocenters. The molecule has 2 aromatic rings. The van der Waals surface area contributed by atoms with Crippen molar-refractivity contribution in [2.45, 2.75) is 44.7 Å². The Bertz CT molecular complexity index is 1210. The number of hydrogen-bond donors (Lipinski definition) is 1. The minimum absolute atomic E-state index is 0.0415. The molecule has 1 aliphatic heterocycles. The van der Waals surface area contributed by atoms with E-state index in [4.69, 9.17) is 4.74 Å². The van der Waals surface area contributed by atoms with Crippen molar-refractivity contribution in [3.8, 4) is 5.75 Å². The third kappa shape index (κ3) is 5.00. The molecule has 0 atom stereocenters. The third-order valence-corrected chi connectivity index (χ3v) is 6.49. The van der Waals surface area contributed by atoms with Gasteiger partial charge in [-0.1, -0.05) is 12.1 Å². The Morgan fingerprint density at radius 3 is 2.12 bits per heavy atom. The molecule has 2 aromatic carbocycles. The standard InChI is InChI=1S/C23H26N2O7S/c1-14-10-16(11-15(2)20(14)32-23(3,4)21(27)28)12-25-19(26)13-24(22(25)29)17-6-8-18(9-7-17)33(5,30)31/h6-11H,12-13H2,1-5H3,(H,27,28). The van der Waals surface area contributed by atoms with Crippen molar-refractivity contribution in [1.82, 2.24) is 4.90 Å². The molecular formula is C23H26N2O7S. The molecule has 0 aliphatic carbocycles. The lowest BCUT2D eigenvalue weighted by atomic mass is 10.0. The first-order valence-electron chi connectivity index (χ1n) is 10.1. The Hall–Kier alpha value is -3.40. The van der Waals surface area contributed by atoms with E-state index in [-0.39, 0.29) is 23.9 Å². The second-order valence-electron chi connectivity index (χ2n) is 8.59. The van der Waals surface area contributed by atoms with E-state index in [2.05, 4.69) is 0 Å². The molecule has 0 radical (unpaired) electrons. The molecule has 0 saturated carbocycles. The first-order chi connectivity index (χ1) is 15.2. The summed E-state index contributed by atoms with van der Waals surface area (Å²) in [6, 6.07) is 8.79. The van der Waals surface area contributed by atoms with E-state index >= 15 is 0 Å². The third-order valence-electron chi connectivity index (χ3n) is 5.37. The highest BCUT2D eigenvalue weighted by atomic mass is 32.2. The number of carboxylic acid groups (broad SMARTS) is 1. The Morgan fingerprint density at radius 2 is 1.64 bits per heavy atom. The molecule has 176 valence electrons. The summed E-state index contributed by atoms with van der Waals surface area (Å²) in [5, 5.41) is 9.32. The highest BCUT2D eigenvalue weighted by Gasteiger charge is 2.37. The molecule has 10 heteroatoms. The fourth-order valence-corrected chi connectivity index (χ4v) is 4.18. The number of aliphatic carboxylic acids is 1. The summed E-state index contributed by atoms with van der Waals surface area (Å²) < 4.78 is 29.0. The monoisotopic (exact) mass is 474 g/mol. The van der Waals surface area contributed by atoms with Crippen LogP contribution in [0.5, 0.6) is 5.75 Å². The number of amides is 3. The number of carboxylic acids is 1. The van der Waals surface area contributed by atoms with E-state index in [1.54, 1.807) is 26.0 Å². The van der Waals surface area contributed by atoms with Gasteiger partial charge < -0.3 is 9.84 Å². The van der Waals surface area contributed by atoms with Crippen molar-refractivity contribution in [1.29, 1.82) is 0 Å². The number of urea groups is 1. The van der Waals surface area contributed by atoms with Gasteiger partial charge in [0.25, 0.3) is 5.91 Å². The van der Waals surface area contributed by atoms with E-state index in [1.165, 1.54) is 43.0 Å². The number of aryl methyl sites for hydroxylation is 2. The number of nitrogens with zero attached hydrogens (tertiary/aromatic N) is 2. The zero-order valence-electron chi connectivity index (χ0n) is 19.1. The van der Waals surface area contributed by atoms with Crippen molar-refractivity contribution in [2.24, 2.45) is 0 Å². The van der Waals surface area contributed by atoms with Crippen molar-refractivity contribution in [2.75, 3.05) is 17.7 Å². The van der Waals surface area contributed by atoms with Crippen LogP contribution in [0.3, 0.4) is 0 Å². The Kier molecular flexibility index (Phi) is 6.25. The number of carbonyl (C=O) groups excluding carboxylic acids is 2. The molecule has 1 N–H and O–H groups in total. The van der Waals surface area contributed by atoms with E-state index in [0.717, 1.165) is 11.2 Å². The second-order valence-corrected chi connectivity index (χ2v) is 10.6. The number of hydrogen-bond acceptors (Lipinski definition) is 6. The van der Waals surface area contributed by atoms with Gasteiger partial charge in [-0.2, -0.15) is 0 Å². The van der Waals surface area contributed by atoms with Gasteiger partial charge in [-0.3, -0.25) is 14.6 Å². The molecule has 3 amide bonds. The van der Waals surface area contributed by atoms with E-state index in [0.29, 0.717) is 28.1 Å². The summed E-state index contributed by atoms with van der Waals surface area (Å²) in [5.74, 6) is -1.03. The molecule has 1 heterocycles. The van der Waals surface area contributed by atoms with Crippen LogP contribution in [-0.4, -0.2) is 54.7 Å². The quantitative estimate of drug-likeness (QED) is 0.613. The smallest absolute Gasteiger partial charge is 0.347 e. The van der Waals surface area contributed by atoms with Crippen LogP contribution in [-0.2, 0) is 26.0 Å². The number of sulfone groups is 1. The molecule has 3 rings (SSSR count). The number of ether oxygens (including phenoxy) is 1. The first kappa shape index (κ1) is 24.2. The minimum atomic E-state index is -3.37. The largest absolute Gasteiger partial charge is 0.478 e. The number of anilines is 1. The number of carbonyl (C=O) groups is 3. The molecular weight excluding hydrogens is 448 g/mol. The van der Waals surface area contributed by atoms with E-state index in [9.17, 15) is 27.9 Å². The van der Waals surface area contributed by atoms with Crippen LogP contribution >= 0.6 is 0 Å². The highest BCUT2D eigenvalue weighted by molar-refractivity contribution is 7.90. The van der Waals surface area contributed by atoms with Gasteiger partial charge in [-0.15, -0.1) is 0 Å². The second kappa shape index (κ2) is 8.51. The molecule has 1 aliphatic rings. The van der Waals surface area contributed by atoms with Crippen molar-refractivity contribution >= 4 is 33.4 Å². The van der Waals surface area contributed by atoms with Gasteiger partial charge in [0.15, 0.2) is 15.4 Å². The summed E-state index contributed by atoms with van der Waals surface area (Å²) >= 11 is 0. The van der Waals surface area contributed by atoms with Gasteiger partial charge in [-0.25, -0.2) is 18.0 Å². The Balaban J connectivity index is 1.80. The molecule has 0 bridgehead atoms. The summed E-state index contributed by atoms with van der Waals surface area (Å²) in [5.41, 5.74) is 1.08. The predicted molar refractivity (Wildman–Crippen MR) is 121 cm³/mol. The fourth-order valence-electron chi connectivity index (χ4n) is 3.55. The van der Waals surface area contributed by atoms with Gasteiger partial charge in [0.2, 0.25) is 0 Å². The lowest BCUT2D eigenvalue weighted by molar-refractivity contribution is -0.152. The maximum Gasteiger partial charge on any atom is 0.347 e. The average molecular weight is 475 g/mol. The predicted octanol–water partition coefficient (Wildman–Crippen LogP) is 2.92. The summed E-state index contributed by atoms with van der Waals surface area (Å²) in [7, 11) is -3.37. The first-order valence-corrected chi connectivity index (χ1v) is 12.0. The zero-order chi connectivity index (χ0) is 24.7. The lowest BCUT2D eigenvalue weighted by Crippen LogP contribution is -2.38. The van der Waals surface area contributed by atoms with Gasteiger partial charge in [0.1, 0.15) is 12.3 Å². The summed E-state index contributed by atoms with van der Waals surface area (Å²) in [6.07, 6.45) is 1.09. The van der Waals surface area contributed by atoms with Crippen LogP contribution in [0.2, 0.25) is 0 Å². The number of benzene rings is 2. The highest BCUT2D eigenvalue weighted by Crippen LogP contribution is 2.30. The zero-order valence-corrected chi connectivity index (χ0v) is 19.9. The van der Waals surface area contributed by atoms with Crippen molar-refractivity contribution < 1.29 is 32.6 Å².